The minimum absolute atomic E-state index is 0.269. The molecule has 0 amide bonds. The lowest BCUT2D eigenvalue weighted by atomic mass is 10.1. The maximum absolute atomic E-state index is 10.8. The second kappa shape index (κ2) is 8.17. The smallest absolute Gasteiger partial charge is 0.335 e. The molecule has 0 bridgehead atoms. The molecule has 0 heterocycles. The lowest BCUT2D eigenvalue weighted by Crippen LogP contribution is -2.11. The Balaban J connectivity index is 2.32. The summed E-state index contributed by atoms with van der Waals surface area (Å²) in [6.45, 7) is 6.45. The van der Waals surface area contributed by atoms with Gasteiger partial charge in [-0.1, -0.05) is 13.8 Å². The van der Waals surface area contributed by atoms with Crippen molar-refractivity contribution in [2.24, 2.45) is 5.92 Å². The molecule has 1 aromatic carbocycles. The van der Waals surface area contributed by atoms with Gasteiger partial charge in [0.2, 0.25) is 0 Å². The first-order valence-corrected chi connectivity index (χ1v) is 7.14. The van der Waals surface area contributed by atoms with Crippen LogP contribution in [0.3, 0.4) is 0 Å². The molecule has 0 aliphatic carbocycles. The predicted molar refractivity (Wildman–Crippen MR) is 79.9 cm³/mol. The fourth-order valence-corrected chi connectivity index (χ4v) is 1.99. The second-order valence-electron chi connectivity index (χ2n) is 4.72. The van der Waals surface area contributed by atoms with E-state index in [-0.39, 0.29) is 5.56 Å². The number of hydrogen-bond acceptors (Lipinski definition) is 3. The van der Waals surface area contributed by atoms with Crippen molar-refractivity contribution >= 4 is 27.6 Å². The van der Waals surface area contributed by atoms with Gasteiger partial charge in [-0.2, -0.15) is 0 Å². The van der Waals surface area contributed by atoms with Crippen molar-refractivity contribution in [1.82, 2.24) is 0 Å². The molecule has 0 saturated carbocycles. The number of carbonyl (C=O) groups is 1. The van der Waals surface area contributed by atoms with E-state index in [1.165, 1.54) is 0 Å². The Labute approximate surface area is 122 Å². The monoisotopic (exact) mass is 329 g/mol. The number of carboxylic acids is 1. The Kier molecular flexibility index (Phi) is 6.87. The lowest BCUT2D eigenvalue weighted by Gasteiger charge is -2.10. The molecule has 0 fully saturated rings. The van der Waals surface area contributed by atoms with Crippen molar-refractivity contribution in [1.29, 1.82) is 0 Å². The predicted octanol–water partition coefficient (Wildman–Crippen LogP) is 3.62. The van der Waals surface area contributed by atoms with Crippen LogP contribution in [0.2, 0.25) is 0 Å². The Bertz CT molecular complexity index is 421. The number of ether oxygens (including phenoxy) is 1. The number of halogens is 1. The van der Waals surface area contributed by atoms with Gasteiger partial charge in [0.1, 0.15) is 0 Å². The molecular formula is C14H20BrNO3. The maximum Gasteiger partial charge on any atom is 0.335 e. The highest BCUT2D eigenvalue weighted by Gasteiger charge is 2.06. The lowest BCUT2D eigenvalue weighted by molar-refractivity contribution is 0.0697. The number of anilines is 1. The number of carboxylic acid groups (broad SMARTS) is 1. The van der Waals surface area contributed by atoms with Gasteiger partial charge in [-0.15, -0.1) is 0 Å². The summed E-state index contributed by atoms with van der Waals surface area (Å²) in [6, 6.07) is 4.92. The van der Waals surface area contributed by atoms with Gasteiger partial charge in [0.05, 0.1) is 12.2 Å². The zero-order chi connectivity index (χ0) is 14.3. The van der Waals surface area contributed by atoms with Crippen LogP contribution in [0, 0.1) is 5.92 Å². The number of rotatable bonds is 8. The quantitative estimate of drug-likeness (QED) is 0.715. The van der Waals surface area contributed by atoms with E-state index in [2.05, 4.69) is 35.1 Å². The van der Waals surface area contributed by atoms with Crippen molar-refractivity contribution in [2.45, 2.75) is 20.3 Å². The number of aromatic carboxylic acids is 1. The molecule has 106 valence electrons. The molecule has 0 unspecified atom stereocenters. The zero-order valence-electron chi connectivity index (χ0n) is 11.3. The summed E-state index contributed by atoms with van der Waals surface area (Å²) < 4.78 is 6.24. The molecule has 0 aromatic heterocycles. The van der Waals surface area contributed by atoms with Crippen LogP contribution in [0.25, 0.3) is 0 Å². The van der Waals surface area contributed by atoms with Crippen LogP contribution in [0.1, 0.15) is 30.6 Å². The van der Waals surface area contributed by atoms with E-state index in [4.69, 9.17) is 9.84 Å². The molecule has 0 aliphatic rings. The Morgan fingerprint density at radius 1 is 1.42 bits per heavy atom. The van der Waals surface area contributed by atoms with Gasteiger partial charge in [0, 0.05) is 23.3 Å². The van der Waals surface area contributed by atoms with E-state index in [1.807, 2.05) is 0 Å². The summed E-state index contributed by atoms with van der Waals surface area (Å²) >= 11 is 3.35. The Morgan fingerprint density at radius 3 is 2.74 bits per heavy atom. The van der Waals surface area contributed by atoms with Gasteiger partial charge in [0.25, 0.3) is 0 Å². The molecule has 1 rings (SSSR count). The summed E-state index contributed by atoms with van der Waals surface area (Å²) in [5.41, 5.74) is 1.14. The topological polar surface area (TPSA) is 58.6 Å². The summed E-state index contributed by atoms with van der Waals surface area (Å²) in [6.07, 6.45) is 1.07. The number of hydrogen-bond donors (Lipinski definition) is 2. The third-order valence-corrected chi connectivity index (χ3v) is 3.27. The highest BCUT2D eigenvalue weighted by atomic mass is 79.9. The highest BCUT2D eigenvalue weighted by molar-refractivity contribution is 9.10. The fraction of sp³-hybridized carbons (Fsp3) is 0.500. The zero-order valence-corrected chi connectivity index (χ0v) is 12.9. The summed E-state index contributed by atoms with van der Waals surface area (Å²) in [7, 11) is 0. The van der Waals surface area contributed by atoms with Gasteiger partial charge in [-0.05, 0) is 46.5 Å². The third kappa shape index (κ3) is 6.07. The first-order chi connectivity index (χ1) is 9.00. The van der Waals surface area contributed by atoms with E-state index in [9.17, 15) is 4.79 Å². The summed E-state index contributed by atoms with van der Waals surface area (Å²) in [4.78, 5) is 10.8. The maximum atomic E-state index is 10.8. The van der Waals surface area contributed by atoms with E-state index < -0.39 is 5.97 Å². The highest BCUT2D eigenvalue weighted by Crippen LogP contribution is 2.23. The van der Waals surface area contributed by atoms with Crippen molar-refractivity contribution in [2.75, 3.05) is 25.1 Å². The Hall–Kier alpha value is -1.07. The van der Waals surface area contributed by atoms with Crippen molar-refractivity contribution in [3.05, 3.63) is 28.2 Å². The fourth-order valence-electron chi connectivity index (χ4n) is 1.47. The minimum Gasteiger partial charge on any atom is -0.478 e. The first kappa shape index (κ1) is 16.0. The van der Waals surface area contributed by atoms with Crippen molar-refractivity contribution < 1.29 is 14.6 Å². The van der Waals surface area contributed by atoms with Crippen LogP contribution < -0.4 is 5.32 Å². The van der Waals surface area contributed by atoms with Gasteiger partial charge >= 0.3 is 5.97 Å². The molecule has 1 aromatic rings. The van der Waals surface area contributed by atoms with Crippen LogP contribution in [-0.4, -0.2) is 30.8 Å². The van der Waals surface area contributed by atoms with E-state index in [0.29, 0.717) is 19.1 Å². The SMILES string of the molecule is CC(C)CCOCCNc1ccc(C(=O)O)cc1Br. The van der Waals surface area contributed by atoms with Gasteiger partial charge < -0.3 is 15.2 Å². The molecule has 4 nitrogen and oxygen atoms in total. The normalized spacial score (nSPS) is 10.7. The van der Waals surface area contributed by atoms with Crippen LogP contribution in [0.5, 0.6) is 0 Å². The standard InChI is InChI=1S/C14H20BrNO3/c1-10(2)5-7-19-8-6-16-13-4-3-11(14(17)18)9-12(13)15/h3-4,9-10,16H,5-8H2,1-2H3,(H,17,18). The van der Waals surface area contributed by atoms with Gasteiger partial charge in [-0.3, -0.25) is 0 Å². The summed E-state index contributed by atoms with van der Waals surface area (Å²) in [5.74, 6) is -0.269. The third-order valence-electron chi connectivity index (χ3n) is 2.62. The van der Waals surface area contributed by atoms with E-state index in [0.717, 1.165) is 23.2 Å². The van der Waals surface area contributed by atoms with Crippen molar-refractivity contribution in [3.63, 3.8) is 0 Å². The molecule has 19 heavy (non-hydrogen) atoms. The molecule has 2 N–H and O–H groups in total. The Morgan fingerprint density at radius 2 is 2.16 bits per heavy atom. The first-order valence-electron chi connectivity index (χ1n) is 6.35. The van der Waals surface area contributed by atoms with Gasteiger partial charge in [-0.25, -0.2) is 4.79 Å². The molecule has 0 spiro atoms. The average molecular weight is 330 g/mol. The molecule has 0 atom stereocenters. The minimum atomic E-state index is -0.927. The second-order valence-corrected chi connectivity index (χ2v) is 5.58. The van der Waals surface area contributed by atoms with Crippen LogP contribution >= 0.6 is 15.9 Å². The number of benzene rings is 1. The van der Waals surface area contributed by atoms with Crippen LogP contribution in [0.4, 0.5) is 5.69 Å². The molecule has 0 radical (unpaired) electrons. The summed E-state index contributed by atoms with van der Waals surface area (Å²) in [5, 5.41) is 12.1. The van der Waals surface area contributed by atoms with Crippen molar-refractivity contribution in [3.8, 4) is 0 Å². The average Bonchev–Trinajstić information content (AvgIpc) is 2.34. The van der Waals surface area contributed by atoms with Gasteiger partial charge in [0.15, 0.2) is 0 Å². The molecular weight excluding hydrogens is 310 g/mol. The van der Waals surface area contributed by atoms with Crippen LogP contribution in [0.15, 0.2) is 22.7 Å². The van der Waals surface area contributed by atoms with E-state index >= 15 is 0 Å². The van der Waals surface area contributed by atoms with Crippen LogP contribution in [-0.2, 0) is 4.74 Å². The molecule has 0 aliphatic heterocycles. The molecule has 0 saturated heterocycles. The molecule has 5 heteroatoms. The van der Waals surface area contributed by atoms with E-state index in [1.54, 1.807) is 18.2 Å². The largest absolute Gasteiger partial charge is 0.478 e. The number of nitrogens with one attached hydrogen (secondary N) is 1.